The van der Waals surface area contributed by atoms with Crippen molar-refractivity contribution in [3.8, 4) is 0 Å². The molecule has 142 valence electrons. The van der Waals surface area contributed by atoms with Gasteiger partial charge in [0, 0.05) is 24.7 Å². The number of hydrogen-bond acceptors (Lipinski definition) is 6. The van der Waals surface area contributed by atoms with Crippen LogP contribution in [0.2, 0.25) is 0 Å². The summed E-state index contributed by atoms with van der Waals surface area (Å²) in [5.41, 5.74) is -0.602. The minimum absolute atomic E-state index is 0.0169. The highest BCUT2D eigenvalue weighted by molar-refractivity contribution is 5.80. The summed E-state index contributed by atoms with van der Waals surface area (Å²) in [6, 6.07) is 4.55. The van der Waals surface area contributed by atoms with Crippen LogP contribution in [-0.4, -0.2) is 31.8 Å². The van der Waals surface area contributed by atoms with Crippen LogP contribution in [0.4, 0.5) is 26.1 Å². The number of hydrogen-bond donors (Lipinski definition) is 3. The van der Waals surface area contributed by atoms with Crippen molar-refractivity contribution in [1.29, 1.82) is 0 Å². The summed E-state index contributed by atoms with van der Waals surface area (Å²) in [6.45, 7) is 3.44. The third-order valence-corrected chi connectivity index (χ3v) is 3.99. The highest BCUT2D eigenvalue weighted by Crippen LogP contribution is 2.21. The van der Waals surface area contributed by atoms with Crippen molar-refractivity contribution in [1.82, 2.24) is 14.5 Å². The molecule has 27 heavy (non-hydrogen) atoms. The molecule has 3 N–H and O–H groups in total. The van der Waals surface area contributed by atoms with E-state index >= 15 is 0 Å². The van der Waals surface area contributed by atoms with Crippen LogP contribution in [0.25, 0.3) is 11.0 Å². The summed E-state index contributed by atoms with van der Waals surface area (Å²) < 4.78 is 28.2. The van der Waals surface area contributed by atoms with E-state index in [-0.39, 0.29) is 23.9 Å². The van der Waals surface area contributed by atoms with Crippen molar-refractivity contribution in [3.63, 3.8) is 0 Å². The molecule has 0 atom stereocenters. The van der Waals surface area contributed by atoms with E-state index in [0.717, 1.165) is 12.1 Å². The zero-order chi connectivity index (χ0) is 19.8. The fourth-order valence-electron chi connectivity index (χ4n) is 2.47. The average Bonchev–Trinajstić information content (AvgIpc) is 2.62. The Balaban J connectivity index is 2.02. The maximum absolute atomic E-state index is 13.9. The number of aromatic nitrogens is 3. The van der Waals surface area contributed by atoms with E-state index < -0.39 is 22.7 Å². The van der Waals surface area contributed by atoms with Crippen LogP contribution in [-0.2, 0) is 7.05 Å². The summed E-state index contributed by atoms with van der Waals surface area (Å²) in [4.78, 5) is 21.1. The zero-order valence-electron chi connectivity index (χ0n) is 15.0. The first-order chi connectivity index (χ1) is 12.7. The predicted molar refractivity (Wildman–Crippen MR) is 99.2 cm³/mol. The lowest BCUT2D eigenvalue weighted by Gasteiger charge is -2.23. The van der Waals surface area contributed by atoms with Crippen LogP contribution in [0.1, 0.15) is 13.8 Å². The van der Waals surface area contributed by atoms with Crippen LogP contribution in [0.3, 0.4) is 0 Å². The first-order valence-corrected chi connectivity index (χ1v) is 8.18. The van der Waals surface area contributed by atoms with E-state index in [1.165, 1.54) is 29.9 Å². The monoisotopic (exact) mass is 375 g/mol. The Morgan fingerprint density at radius 1 is 1.22 bits per heavy atom. The molecular weight excluding hydrogens is 356 g/mol. The molecule has 0 aliphatic heterocycles. The number of aliphatic hydroxyl groups is 1. The molecule has 0 unspecified atom stereocenters. The number of aliphatic hydroxyl groups excluding tert-OH is 1. The molecule has 7 nitrogen and oxygen atoms in total. The summed E-state index contributed by atoms with van der Waals surface area (Å²) in [6.07, 6.45) is 1.52. The lowest BCUT2D eigenvalue weighted by molar-refractivity contribution is 0.233. The third kappa shape index (κ3) is 3.87. The fraction of sp³-hybridized carbons (Fsp3) is 0.278. The van der Waals surface area contributed by atoms with Crippen LogP contribution in [0.5, 0.6) is 0 Å². The number of halogens is 2. The molecular formula is C18H19F2N5O2. The molecule has 0 aliphatic rings. The molecule has 0 fully saturated rings. The Hall–Kier alpha value is -3.07. The molecule has 0 saturated heterocycles. The SMILES string of the molecule is Cn1c(=O)c(Nc2ccc(F)cc2F)cc2cnc(NC(C)(C)CO)nc21. The number of pyridine rings is 1. The molecule has 3 rings (SSSR count). The van der Waals surface area contributed by atoms with Crippen molar-refractivity contribution in [3.05, 3.63) is 52.5 Å². The lowest BCUT2D eigenvalue weighted by atomic mass is 10.1. The van der Waals surface area contributed by atoms with Gasteiger partial charge in [0.25, 0.3) is 5.56 Å². The molecule has 0 aliphatic carbocycles. The summed E-state index contributed by atoms with van der Waals surface area (Å²) in [5.74, 6) is -1.25. The number of rotatable bonds is 5. The van der Waals surface area contributed by atoms with Gasteiger partial charge in [0.15, 0.2) is 0 Å². The van der Waals surface area contributed by atoms with Crippen molar-refractivity contribution in [2.24, 2.45) is 7.05 Å². The maximum Gasteiger partial charge on any atom is 0.275 e. The van der Waals surface area contributed by atoms with Crippen molar-refractivity contribution < 1.29 is 13.9 Å². The second-order valence-electron chi connectivity index (χ2n) is 6.81. The number of fused-ring (bicyclic) bond motifs is 1. The minimum atomic E-state index is -0.806. The fourth-order valence-corrected chi connectivity index (χ4v) is 2.47. The Kier molecular flexibility index (Phi) is 4.79. The van der Waals surface area contributed by atoms with Gasteiger partial charge in [-0.1, -0.05) is 0 Å². The van der Waals surface area contributed by atoms with Crippen LogP contribution < -0.4 is 16.2 Å². The zero-order valence-corrected chi connectivity index (χ0v) is 15.0. The Labute approximate surface area is 153 Å². The van der Waals surface area contributed by atoms with Gasteiger partial charge >= 0.3 is 0 Å². The Morgan fingerprint density at radius 3 is 2.63 bits per heavy atom. The van der Waals surface area contributed by atoms with E-state index in [1.54, 1.807) is 13.8 Å². The third-order valence-electron chi connectivity index (χ3n) is 3.99. The molecule has 3 aromatic rings. The van der Waals surface area contributed by atoms with Crippen molar-refractivity contribution in [2.45, 2.75) is 19.4 Å². The highest BCUT2D eigenvalue weighted by atomic mass is 19.1. The molecule has 0 saturated carbocycles. The lowest BCUT2D eigenvalue weighted by Crippen LogP contribution is -2.35. The number of aryl methyl sites for hydroxylation is 1. The second kappa shape index (κ2) is 6.92. The van der Waals surface area contributed by atoms with Gasteiger partial charge in [0.1, 0.15) is 23.0 Å². The molecule has 2 aromatic heterocycles. The molecule has 0 spiro atoms. The van der Waals surface area contributed by atoms with Crippen molar-refractivity contribution in [2.75, 3.05) is 17.2 Å². The van der Waals surface area contributed by atoms with Gasteiger partial charge in [-0.05, 0) is 32.0 Å². The topological polar surface area (TPSA) is 92.1 Å². The number of benzene rings is 1. The van der Waals surface area contributed by atoms with Gasteiger partial charge < -0.3 is 15.7 Å². The van der Waals surface area contributed by atoms with Crippen LogP contribution >= 0.6 is 0 Å². The van der Waals surface area contributed by atoms with Gasteiger partial charge in [-0.25, -0.2) is 13.8 Å². The first-order valence-electron chi connectivity index (χ1n) is 8.18. The molecule has 0 bridgehead atoms. The van der Waals surface area contributed by atoms with Gasteiger partial charge in [0.2, 0.25) is 5.95 Å². The van der Waals surface area contributed by atoms with E-state index in [0.29, 0.717) is 11.0 Å². The largest absolute Gasteiger partial charge is 0.394 e. The van der Waals surface area contributed by atoms with Crippen molar-refractivity contribution >= 4 is 28.4 Å². The van der Waals surface area contributed by atoms with E-state index in [2.05, 4.69) is 20.6 Å². The van der Waals surface area contributed by atoms with Gasteiger partial charge in [-0.15, -0.1) is 0 Å². The molecule has 0 radical (unpaired) electrons. The molecule has 1 aromatic carbocycles. The van der Waals surface area contributed by atoms with Crippen LogP contribution in [0, 0.1) is 11.6 Å². The quantitative estimate of drug-likeness (QED) is 0.635. The summed E-state index contributed by atoms with van der Waals surface area (Å²) in [5, 5.41) is 15.6. The van der Waals surface area contributed by atoms with Gasteiger partial charge in [0.05, 0.1) is 17.8 Å². The first kappa shape index (κ1) is 18.7. The minimum Gasteiger partial charge on any atom is -0.394 e. The predicted octanol–water partition coefficient (Wildman–Crippen LogP) is 2.53. The van der Waals surface area contributed by atoms with Crippen LogP contribution in [0.15, 0.2) is 35.3 Å². The normalized spacial score (nSPS) is 11.6. The smallest absolute Gasteiger partial charge is 0.275 e. The summed E-state index contributed by atoms with van der Waals surface area (Å²) in [7, 11) is 1.53. The molecule has 9 heteroatoms. The summed E-state index contributed by atoms with van der Waals surface area (Å²) >= 11 is 0. The molecule has 2 heterocycles. The highest BCUT2D eigenvalue weighted by Gasteiger charge is 2.18. The van der Waals surface area contributed by atoms with Gasteiger partial charge in [-0.2, -0.15) is 4.98 Å². The number of nitrogens with one attached hydrogen (secondary N) is 2. The second-order valence-corrected chi connectivity index (χ2v) is 6.81. The Bertz CT molecular complexity index is 1070. The maximum atomic E-state index is 13.9. The number of anilines is 3. The van der Waals surface area contributed by atoms with E-state index in [9.17, 15) is 18.7 Å². The van der Waals surface area contributed by atoms with E-state index in [1.807, 2.05) is 0 Å². The standard InChI is InChI=1S/C18H19F2N5O2/c1-18(2,9-26)24-17-21-8-10-6-14(16(27)25(3)15(10)23-17)22-13-5-4-11(19)7-12(13)20/h4-8,22,26H,9H2,1-3H3,(H,21,23,24). The van der Waals surface area contributed by atoms with E-state index in [4.69, 9.17) is 0 Å². The average molecular weight is 375 g/mol. The van der Waals surface area contributed by atoms with Gasteiger partial charge in [-0.3, -0.25) is 9.36 Å². The number of nitrogens with zero attached hydrogens (tertiary/aromatic N) is 3. The Morgan fingerprint density at radius 2 is 1.96 bits per heavy atom. The molecule has 0 amide bonds.